The highest BCUT2D eigenvalue weighted by Crippen LogP contribution is 2.23. The Hall–Kier alpha value is -1.87. The number of carboxylic acids is 1. The van der Waals surface area contributed by atoms with Gasteiger partial charge in [0.1, 0.15) is 9.09 Å². The summed E-state index contributed by atoms with van der Waals surface area (Å²) in [7, 11) is -3.79. The molecule has 0 bridgehead atoms. The summed E-state index contributed by atoms with van der Waals surface area (Å²) in [5.74, 6) is -0.991. The highest BCUT2D eigenvalue weighted by atomic mass is 32.2. The Labute approximate surface area is 107 Å². The molecular weight excluding hydrogens is 278 g/mol. The first kappa shape index (κ1) is 12.6. The van der Waals surface area contributed by atoms with Gasteiger partial charge in [-0.1, -0.05) is 0 Å². The Morgan fingerprint density at radius 3 is 2.72 bits per heavy atom. The van der Waals surface area contributed by atoms with Gasteiger partial charge < -0.3 is 5.11 Å². The highest BCUT2D eigenvalue weighted by molar-refractivity contribution is 7.94. The van der Waals surface area contributed by atoms with Crippen molar-refractivity contribution in [3.8, 4) is 0 Å². The Balaban J connectivity index is 2.27. The maximum absolute atomic E-state index is 11.9. The molecule has 0 spiro atoms. The number of aromatic nitrogens is 2. The van der Waals surface area contributed by atoms with Crippen molar-refractivity contribution in [3.05, 3.63) is 28.8 Å². The second-order valence-corrected chi connectivity index (χ2v) is 6.46. The normalized spacial score (nSPS) is 11.4. The smallest absolute Gasteiger partial charge is 0.345 e. The lowest BCUT2D eigenvalue weighted by Crippen LogP contribution is -2.11. The molecule has 0 amide bonds. The predicted octanol–water partition coefficient (Wildman–Crippen LogP) is 1.28. The van der Waals surface area contributed by atoms with Crippen molar-refractivity contribution in [1.82, 2.24) is 10.2 Å². The van der Waals surface area contributed by atoms with Crippen molar-refractivity contribution >= 4 is 33.1 Å². The van der Waals surface area contributed by atoms with Gasteiger partial charge in [-0.3, -0.25) is 9.82 Å². The molecule has 2 aromatic heterocycles. The number of sulfonamides is 1. The number of carbonyl (C=O) groups is 1. The van der Waals surface area contributed by atoms with Crippen LogP contribution in [0, 0.1) is 6.92 Å². The molecule has 9 heteroatoms. The molecule has 7 nitrogen and oxygen atoms in total. The number of anilines is 1. The largest absolute Gasteiger partial charge is 0.477 e. The molecular formula is C9H9N3O4S2. The number of aromatic amines is 1. The van der Waals surface area contributed by atoms with Crippen LogP contribution in [0.3, 0.4) is 0 Å². The van der Waals surface area contributed by atoms with Crippen molar-refractivity contribution in [2.75, 3.05) is 4.72 Å². The fraction of sp³-hybridized carbons (Fsp3) is 0.111. The molecule has 0 saturated heterocycles. The lowest BCUT2D eigenvalue weighted by molar-refractivity contribution is 0.0702. The minimum atomic E-state index is -3.79. The van der Waals surface area contributed by atoms with Crippen LogP contribution < -0.4 is 4.72 Å². The lowest BCUT2D eigenvalue weighted by atomic mass is 10.5. The van der Waals surface area contributed by atoms with E-state index >= 15 is 0 Å². The van der Waals surface area contributed by atoms with Gasteiger partial charge in [-0.05, 0) is 19.1 Å². The first-order valence-corrected chi connectivity index (χ1v) is 7.06. The Morgan fingerprint density at radius 1 is 1.50 bits per heavy atom. The fourth-order valence-corrected chi connectivity index (χ4v) is 3.37. The number of H-pyrrole nitrogens is 1. The van der Waals surface area contributed by atoms with Crippen LogP contribution in [-0.4, -0.2) is 29.7 Å². The molecule has 0 fully saturated rings. The van der Waals surface area contributed by atoms with Crippen molar-refractivity contribution in [3.63, 3.8) is 0 Å². The zero-order valence-corrected chi connectivity index (χ0v) is 10.8. The molecule has 2 rings (SSSR count). The van der Waals surface area contributed by atoms with Gasteiger partial charge in [-0.15, -0.1) is 11.3 Å². The molecule has 0 unspecified atom stereocenters. The standard InChI is InChI=1S/C9H9N3O4S2/c1-5-4-7(11-10-5)12-18(15,16)8-3-2-6(17-8)9(13)14/h2-4H,1H3,(H,13,14)(H2,10,11,12). The monoisotopic (exact) mass is 287 g/mol. The summed E-state index contributed by atoms with van der Waals surface area (Å²) >= 11 is 0.686. The third-order valence-electron chi connectivity index (χ3n) is 2.00. The molecule has 0 aromatic carbocycles. The van der Waals surface area contributed by atoms with E-state index in [2.05, 4.69) is 14.9 Å². The molecule has 2 aromatic rings. The van der Waals surface area contributed by atoms with E-state index < -0.39 is 16.0 Å². The van der Waals surface area contributed by atoms with E-state index in [-0.39, 0.29) is 14.9 Å². The lowest BCUT2D eigenvalue weighted by Gasteiger charge is -2.01. The Kier molecular flexibility index (Phi) is 3.09. The second kappa shape index (κ2) is 4.42. The van der Waals surface area contributed by atoms with Crippen molar-refractivity contribution in [1.29, 1.82) is 0 Å². The zero-order chi connectivity index (χ0) is 13.3. The topological polar surface area (TPSA) is 112 Å². The van der Waals surface area contributed by atoms with Crippen LogP contribution in [0.2, 0.25) is 0 Å². The summed E-state index contributed by atoms with van der Waals surface area (Å²) in [6.45, 7) is 1.73. The van der Waals surface area contributed by atoms with Crippen molar-refractivity contribution in [2.45, 2.75) is 11.1 Å². The molecule has 18 heavy (non-hydrogen) atoms. The number of hydrogen-bond donors (Lipinski definition) is 3. The van der Waals surface area contributed by atoms with Gasteiger partial charge in [0.15, 0.2) is 5.82 Å². The van der Waals surface area contributed by atoms with Gasteiger partial charge in [0, 0.05) is 11.8 Å². The van der Waals surface area contributed by atoms with E-state index in [9.17, 15) is 13.2 Å². The number of nitrogens with one attached hydrogen (secondary N) is 2. The van der Waals surface area contributed by atoms with E-state index in [4.69, 9.17) is 5.11 Å². The molecule has 0 aliphatic rings. The summed E-state index contributed by atoms with van der Waals surface area (Å²) in [6.07, 6.45) is 0. The second-order valence-electron chi connectivity index (χ2n) is 3.47. The van der Waals surface area contributed by atoms with Crippen molar-refractivity contribution in [2.24, 2.45) is 0 Å². The zero-order valence-electron chi connectivity index (χ0n) is 9.17. The summed E-state index contributed by atoms with van der Waals surface area (Å²) in [6, 6.07) is 4.02. The van der Waals surface area contributed by atoms with Crippen LogP contribution in [0.1, 0.15) is 15.4 Å². The fourth-order valence-electron chi connectivity index (χ4n) is 1.24. The quantitative estimate of drug-likeness (QED) is 0.784. The van der Waals surface area contributed by atoms with Crippen LogP contribution in [0.5, 0.6) is 0 Å². The van der Waals surface area contributed by atoms with Gasteiger partial charge in [0.05, 0.1) is 0 Å². The van der Waals surface area contributed by atoms with Crippen molar-refractivity contribution < 1.29 is 18.3 Å². The third-order valence-corrected chi connectivity index (χ3v) is 4.92. The molecule has 0 saturated carbocycles. The number of rotatable bonds is 4. The van der Waals surface area contributed by atoms with E-state index in [0.717, 1.165) is 0 Å². The Bertz CT molecular complexity index is 686. The average Bonchev–Trinajstić information content (AvgIpc) is 2.86. The molecule has 0 atom stereocenters. The van der Waals surface area contributed by atoms with Gasteiger partial charge in [0.25, 0.3) is 10.0 Å². The van der Waals surface area contributed by atoms with Crippen LogP contribution in [0.4, 0.5) is 5.82 Å². The number of hydrogen-bond acceptors (Lipinski definition) is 5. The minimum Gasteiger partial charge on any atom is -0.477 e. The average molecular weight is 287 g/mol. The van der Waals surface area contributed by atoms with Crippen LogP contribution in [0.15, 0.2) is 22.4 Å². The maximum atomic E-state index is 11.9. The molecule has 3 N–H and O–H groups in total. The van der Waals surface area contributed by atoms with E-state index in [0.29, 0.717) is 17.0 Å². The van der Waals surface area contributed by atoms with Crippen LogP contribution in [-0.2, 0) is 10.0 Å². The predicted molar refractivity (Wildman–Crippen MR) is 65.4 cm³/mol. The van der Waals surface area contributed by atoms with Crippen LogP contribution >= 0.6 is 11.3 Å². The minimum absolute atomic E-state index is 0.0337. The highest BCUT2D eigenvalue weighted by Gasteiger charge is 2.19. The number of thiophene rings is 1. The first-order chi connectivity index (χ1) is 8.38. The number of aryl methyl sites for hydroxylation is 1. The number of aromatic carboxylic acids is 1. The number of nitrogens with zero attached hydrogens (tertiary/aromatic N) is 1. The SMILES string of the molecule is Cc1cc(NS(=O)(=O)c2ccc(C(=O)O)s2)n[nH]1. The summed E-state index contributed by atoms with van der Waals surface area (Å²) in [4.78, 5) is 10.6. The number of carboxylic acid groups (broad SMARTS) is 1. The van der Waals surface area contributed by atoms with Gasteiger partial charge in [-0.25, -0.2) is 13.2 Å². The molecule has 0 aliphatic carbocycles. The third kappa shape index (κ3) is 2.51. The summed E-state index contributed by atoms with van der Waals surface area (Å²) in [5.41, 5.74) is 0.713. The molecule has 0 aliphatic heterocycles. The summed E-state index contributed by atoms with van der Waals surface area (Å²) < 4.78 is 26.0. The first-order valence-electron chi connectivity index (χ1n) is 4.76. The maximum Gasteiger partial charge on any atom is 0.345 e. The Morgan fingerprint density at radius 2 is 2.22 bits per heavy atom. The van der Waals surface area contributed by atoms with Crippen LogP contribution in [0.25, 0.3) is 0 Å². The summed E-state index contributed by atoms with van der Waals surface area (Å²) in [5, 5.41) is 15.1. The van der Waals surface area contributed by atoms with Gasteiger partial charge in [-0.2, -0.15) is 5.10 Å². The molecule has 2 heterocycles. The van der Waals surface area contributed by atoms with E-state index in [1.807, 2.05) is 0 Å². The van der Waals surface area contributed by atoms with E-state index in [1.54, 1.807) is 6.92 Å². The molecule has 96 valence electrons. The molecule has 0 radical (unpaired) electrons. The van der Waals surface area contributed by atoms with Gasteiger partial charge >= 0.3 is 5.97 Å². The van der Waals surface area contributed by atoms with E-state index in [1.165, 1.54) is 18.2 Å². The van der Waals surface area contributed by atoms with Gasteiger partial charge in [0.2, 0.25) is 0 Å².